The fraction of sp³-hybridized carbons (Fsp3) is 0.0952. The van der Waals surface area contributed by atoms with Gasteiger partial charge in [-0.1, -0.05) is 59.3 Å². The van der Waals surface area contributed by atoms with Gasteiger partial charge in [-0.3, -0.25) is 9.55 Å². The predicted octanol–water partition coefficient (Wildman–Crippen LogP) is 5.58. The number of nitrogens with zero attached hydrogens (tertiary/aromatic N) is 4. The van der Waals surface area contributed by atoms with Crippen molar-refractivity contribution in [2.45, 2.75) is 17.8 Å². The van der Waals surface area contributed by atoms with Crippen molar-refractivity contribution in [3.8, 4) is 17.1 Å². The van der Waals surface area contributed by atoms with E-state index in [9.17, 15) is 0 Å². The Hall–Kier alpha value is -2.63. The van der Waals surface area contributed by atoms with Crippen LogP contribution in [0.15, 0.2) is 78.2 Å². The standard InChI is InChI=1S/C21H17ClN4S/c1-15-4-6-17(7-5-15)20-24-25-21(27-14-16-3-2-12-23-13-16)26(20)19-10-8-18(22)9-11-19/h2-13H,14H2,1H3. The van der Waals surface area contributed by atoms with E-state index in [1.165, 1.54) is 5.56 Å². The van der Waals surface area contributed by atoms with E-state index in [1.54, 1.807) is 18.0 Å². The topological polar surface area (TPSA) is 43.6 Å². The summed E-state index contributed by atoms with van der Waals surface area (Å²) < 4.78 is 2.07. The second kappa shape index (κ2) is 7.94. The fourth-order valence-corrected chi connectivity index (χ4v) is 3.72. The third-order valence-electron chi connectivity index (χ3n) is 4.12. The van der Waals surface area contributed by atoms with Crippen LogP contribution in [0.2, 0.25) is 5.02 Å². The molecule has 0 bridgehead atoms. The number of thioether (sulfide) groups is 1. The van der Waals surface area contributed by atoms with Gasteiger partial charge in [-0.2, -0.15) is 0 Å². The maximum Gasteiger partial charge on any atom is 0.196 e. The highest BCUT2D eigenvalue weighted by molar-refractivity contribution is 7.98. The molecule has 0 aliphatic carbocycles. The SMILES string of the molecule is Cc1ccc(-c2nnc(SCc3cccnc3)n2-c2ccc(Cl)cc2)cc1. The molecule has 0 aliphatic rings. The van der Waals surface area contributed by atoms with E-state index in [-0.39, 0.29) is 0 Å². The minimum absolute atomic E-state index is 0.702. The van der Waals surface area contributed by atoms with E-state index in [4.69, 9.17) is 11.6 Å². The summed E-state index contributed by atoms with van der Waals surface area (Å²) in [5.41, 5.74) is 4.36. The van der Waals surface area contributed by atoms with Gasteiger partial charge in [0.25, 0.3) is 0 Å². The van der Waals surface area contributed by atoms with E-state index in [0.717, 1.165) is 33.5 Å². The number of rotatable bonds is 5. The van der Waals surface area contributed by atoms with Gasteiger partial charge < -0.3 is 0 Å². The summed E-state index contributed by atoms with van der Waals surface area (Å²) in [6.45, 7) is 2.07. The molecule has 4 nitrogen and oxygen atoms in total. The lowest BCUT2D eigenvalue weighted by Crippen LogP contribution is -1.99. The zero-order valence-electron chi connectivity index (χ0n) is 14.7. The normalized spacial score (nSPS) is 10.9. The number of benzene rings is 2. The molecule has 0 radical (unpaired) electrons. The largest absolute Gasteiger partial charge is 0.270 e. The molecule has 0 spiro atoms. The summed E-state index contributed by atoms with van der Waals surface area (Å²) in [5.74, 6) is 1.58. The van der Waals surface area contributed by atoms with Gasteiger partial charge >= 0.3 is 0 Å². The van der Waals surface area contributed by atoms with Crippen molar-refractivity contribution in [3.05, 3.63) is 89.2 Å². The van der Waals surface area contributed by atoms with Crippen LogP contribution in [0.25, 0.3) is 17.1 Å². The summed E-state index contributed by atoms with van der Waals surface area (Å²) in [5, 5.41) is 10.5. The third kappa shape index (κ3) is 4.04. The van der Waals surface area contributed by atoms with Crippen molar-refractivity contribution in [2.75, 3.05) is 0 Å². The van der Waals surface area contributed by atoms with Gasteiger partial charge in [0.2, 0.25) is 0 Å². The maximum absolute atomic E-state index is 6.08. The van der Waals surface area contributed by atoms with Crippen LogP contribution in [0, 0.1) is 6.92 Å². The first-order valence-electron chi connectivity index (χ1n) is 8.51. The highest BCUT2D eigenvalue weighted by Crippen LogP contribution is 2.30. The summed E-state index contributed by atoms with van der Waals surface area (Å²) in [7, 11) is 0. The highest BCUT2D eigenvalue weighted by atomic mass is 35.5. The summed E-state index contributed by atoms with van der Waals surface area (Å²) in [6.07, 6.45) is 3.65. The Labute approximate surface area is 167 Å². The van der Waals surface area contributed by atoms with Gasteiger partial charge in [0, 0.05) is 34.4 Å². The Kier molecular flexibility index (Phi) is 5.23. The molecule has 0 fully saturated rings. The molecule has 0 unspecified atom stereocenters. The molecule has 0 amide bonds. The second-order valence-electron chi connectivity index (χ2n) is 6.13. The van der Waals surface area contributed by atoms with Crippen LogP contribution in [0.5, 0.6) is 0 Å². The monoisotopic (exact) mass is 392 g/mol. The molecule has 0 atom stereocenters. The number of halogens is 1. The molecule has 6 heteroatoms. The number of aryl methyl sites for hydroxylation is 1. The van der Waals surface area contributed by atoms with Crippen LogP contribution in [-0.2, 0) is 5.75 Å². The molecule has 0 aliphatic heterocycles. The number of pyridine rings is 1. The van der Waals surface area contributed by atoms with Gasteiger partial charge in [0.1, 0.15) is 0 Å². The van der Waals surface area contributed by atoms with Gasteiger partial charge in [-0.25, -0.2) is 0 Å². The smallest absolute Gasteiger partial charge is 0.196 e. The first kappa shape index (κ1) is 17.8. The van der Waals surface area contributed by atoms with E-state index in [0.29, 0.717) is 5.02 Å². The molecule has 2 aromatic carbocycles. The van der Waals surface area contributed by atoms with Crippen LogP contribution in [0.4, 0.5) is 0 Å². The van der Waals surface area contributed by atoms with E-state index >= 15 is 0 Å². The van der Waals surface area contributed by atoms with Crippen LogP contribution in [0.3, 0.4) is 0 Å². The van der Waals surface area contributed by atoms with Crippen molar-refractivity contribution in [3.63, 3.8) is 0 Å². The van der Waals surface area contributed by atoms with Crippen molar-refractivity contribution in [1.82, 2.24) is 19.7 Å². The molecule has 0 saturated carbocycles. The Bertz CT molecular complexity index is 1030. The maximum atomic E-state index is 6.08. The number of hydrogen-bond acceptors (Lipinski definition) is 4. The summed E-state index contributed by atoms with van der Waals surface area (Å²) in [6, 6.07) is 20.0. The van der Waals surface area contributed by atoms with Crippen molar-refractivity contribution in [2.24, 2.45) is 0 Å². The van der Waals surface area contributed by atoms with Crippen molar-refractivity contribution < 1.29 is 0 Å². The lowest BCUT2D eigenvalue weighted by Gasteiger charge is -2.11. The minimum atomic E-state index is 0.702. The highest BCUT2D eigenvalue weighted by Gasteiger charge is 2.16. The van der Waals surface area contributed by atoms with Gasteiger partial charge in [0.15, 0.2) is 11.0 Å². The molecule has 0 N–H and O–H groups in total. The average Bonchev–Trinajstić information content (AvgIpc) is 3.12. The molecule has 4 aromatic rings. The van der Waals surface area contributed by atoms with Crippen LogP contribution < -0.4 is 0 Å². The van der Waals surface area contributed by atoms with Crippen LogP contribution in [-0.4, -0.2) is 19.7 Å². The van der Waals surface area contributed by atoms with Gasteiger partial charge in [0.05, 0.1) is 0 Å². The lowest BCUT2D eigenvalue weighted by atomic mass is 10.1. The summed E-state index contributed by atoms with van der Waals surface area (Å²) >= 11 is 7.71. The van der Waals surface area contributed by atoms with Gasteiger partial charge in [-0.15, -0.1) is 10.2 Å². The molecule has 2 aromatic heterocycles. The van der Waals surface area contributed by atoms with Crippen LogP contribution in [0.1, 0.15) is 11.1 Å². The molecule has 134 valence electrons. The predicted molar refractivity (Wildman–Crippen MR) is 110 cm³/mol. The van der Waals surface area contributed by atoms with E-state index < -0.39 is 0 Å². The van der Waals surface area contributed by atoms with Crippen molar-refractivity contribution in [1.29, 1.82) is 0 Å². The second-order valence-corrected chi connectivity index (χ2v) is 7.51. The fourth-order valence-electron chi connectivity index (χ4n) is 2.71. The Morgan fingerprint density at radius 3 is 2.44 bits per heavy atom. The quantitative estimate of drug-likeness (QED) is 0.415. The minimum Gasteiger partial charge on any atom is -0.270 e. The Balaban J connectivity index is 1.74. The summed E-state index contributed by atoms with van der Waals surface area (Å²) in [4.78, 5) is 4.18. The zero-order valence-corrected chi connectivity index (χ0v) is 16.3. The number of aromatic nitrogens is 4. The van der Waals surface area contributed by atoms with Gasteiger partial charge in [-0.05, 0) is 42.8 Å². The molecule has 0 saturated heterocycles. The lowest BCUT2D eigenvalue weighted by molar-refractivity contribution is 0.886. The molecular formula is C21H17ClN4S. The van der Waals surface area contributed by atoms with Crippen molar-refractivity contribution >= 4 is 23.4 Å². The van der Waals surface area contributed by atoms with Crippen LogP contribution >= 0.6 is 23.4 Å². The zero-order chi connectivity index (χ0) is 18.6. The molecule has 4 rings (SSSR count). The van der Waals surface area contributed by atoms with E-state index in [2.05, 4.69) is 57.0 Å². The first-order valence-corrected chi connectivity index (χ1v) is 9.87. The Morgan fingerprint density at radius 1 is 0.963 bits per heavy atom. The Morgan fingerprint density at radius 2 is 1.74 bits per heavy atom. The molecule has 27 heavy (non-hydrogen) atoms. The molecule has 2 heterocycles. The molecular weight excluding hydrogens is 376 g/mol. The first-order chi connectivity index (χ1) is 13.2. The third-order valence-corrected chi connectivity index (χ3v) is 5.37. The number of hydrogen-bond donors (Lipinski definition) is 0. The average molecular weight is 393 g/mol. The van der Waals surface area contributed by atoms with E-state index in [1.807, 2.05) is 36.5 Å².